The lowest BCUT2D eigenvalue weighted by molar-refractivity contribution is -0.124. The Hall–Kier alpha value is -3.25. The van der Waals surface area contributed by atoms with E-state index in [1.54, 1.807) is 24.8 Å². The molecule has 6 nitrogen and oxygen atoms in total. The Balaban J connectivity index is 1.89. The number of ether oxygens (including phenoxy) is 1. The number of nitrogens with zero attached hydrogens (tertiary/aromatic N) is 3. The molecule has 0 aliphatic carbocycles. The average Bonchev–Trinajstić information content (AvgIpc) is 2.74. The van der Waals surface area contributed by atoms with Crippen LogP contribution in [0.2, 0.25) is 0 Å². The van der Waals surface area contributed by atoms with E-state index in [1.807, 2.05) is 48.5 Å². The van der Waals surface area contributed by atoms with Gasteiger partial charge in [0, 0.05) is 37.9 Å². The van der Waals surface area contributed by atoms with Gasteiger partial charge in [-0.15, -0.1) is 0 Å². The molecule has 1 unspecified atom stereocenters. The summed E-state index contributed by atoms with van der Waals surface area (Å²) in [5.74, 6) is 0.386. The highest BCUT2D eigenvalue weighted by Gasteiger charge is 2.26. The molecule has 150 valence electrons. The first-order valence-electron chi connectivity index (χ1n) is 9.71. The molecular formula is C23H26N4O2. The number of aromatic nitrogens is 2. The van der Waals surface area contributed by atoms with E-state index in [0.717, 1.165) is 28.9 Å². The van der Waals surface area contributed by atoms with E-state index < -0.39 is 11.9 Å². The van der Waals surface area contributed by atoms with Gasteiger partial charge in [0.15, 0.2) is 0 Å². The minimum atomic E-state index is -0.580. The van der Waals surface area contributed by atoms with E-state index in [0.29, 0.717) is 19.7 Å². The maximum absolute atomic E-state index is 12.5. The Labute approximate surface area is 171 Å². The topological polar surface area (TPSA) is 81.3 Å². The fraction of sp³-hybridized carbons (Fsp3) is 0.261. The van der Waals surface area contributed by atoms with Gasteiger partial charge in [-0.1, -0.05) is 25.1 Å². The fourth-order valence-corrected chi connectivity index (χ4v) is 3.21. The highest BCUT2D eigenvalue weighted by Crippen LogP contribution is 2.26. The first-order chi connectivity index (χ1) is 14.2. The Morgan fingerprint density at radius 2 is 1.72 bits per heavy atom. The van der Waals surface area contributed by atoms with Crippen molar-refractivity contribution in [2.75, 3.05) is 6.61 Å². The van der Waals surface area contributed by atoms with Crippen molar-refractivity contribution in [3.8, 4) is 5.75 Å². The molecule has 1 amide bonds. The second kappa shape index (κ2) is 10.3. The quantitative estimate of drug-likeness (QED) is 0.573. The molecule has 0 aliphatic heterocycles. The maximum Gasteiger partial charge on any atom is 0.239 e. The number of pyridine rings is 2. The molecule has 0 bridgehead atoms. The number of amides is 1. The third-order valence-electron chi connectivity index (χ3n) is 4.55. The number of hydrogen-bond acceptors (Lipinski definition) is 5. The van der Waals surface area contributed by atoms with E-state index in [-0.39, 0.29) is 0 Å². The van der Waals surface area contributed by atoms with Crippen LogP contribution in [0, 0.1) is 0 Å². The summed E-state index contributed by atoms with van der Waals surface area (Å²) in [6, 6.07) is 14.8. The third kappa shape index (κ3) is 5.86. The van der Waals surface area contributed by atoms with Crippen LogP contribution in [0.3, 0.4) is 0 Å². The Bertz CT molecular complexity index is 844. The van der Waals surface area contributed by atoms with Crippen LogP contribution in [-0.4, -0.2) is 27.4 Å². The van der Waals surface area contributed by atoms with Gasteiger partial charge in [-0.2, -0.15) is 0 Å². The molecule has 0 fully saturated rings. The van der Waals surface area contributed by atoms with Crippen LogP contribution in [0.4, 0.5) is 0 Å². The van der Waals surface area contributed by atoms with E-state index in [2.05, 4.69) is 21.8 Å². The maximum atomic E-state index is 12.5. The summed E-state index contributed by atoms with van der Waals surface area (Å²) in [7, 11) is 0. The summed E-state index contributed by atoms with van der Waals surface area (Å²) in [5, 5.41) is 0. The summed E-state index contributed by atoms with van der Waals surface area (Å²) in [6.45, 7) is 3.82. The second-order valence-electron chi connectivity index (χ2n) is 6.84. The number of carbonyl (C=O) groups is 1. The second-order valence-corrected chi connectivity index (χ2v) is 6.84. The van der Waals surface area contributed by atoms with Crippen LogP contribution < -0.4 is 10.5 Å². The minimum absolute atomic E-state index is 0.398. The molecule has 1 atom stereocenters. The normalized spacial score (nSPS) is 11.9. The number of benzene rings is 1. The van der Waals surface area contributed by atoms with Gasteiger partial charge in [-0.05, 0) is 53.4 Å². The van der Waals surface area contributed by atoms with Gasteiger partial charge in [0.25, 0.3) is 0 Å². The van der Waals surface area contributed by atoms with E-state index in [9.17, 15) is 4.79 Å². The Morgan fingerprint density at radius 3 is 2.34 bits per heavy atom. The molecule has 0 saturated heterocycles. The number of rotatable bonds is 10. The molecule has 2 heterocycles. The van der Waals surface area contributed by atoms with Gasteiger partial charge in [0.05, 0.1) is 6.61 Å². The molecule has 6 heteroatoms. The molecule has 3 rings (SSSR count). The van der Waals surface area contributed by atoms with Crippen LogP contribution in [0.1, 0.15) is 36.1 Å². The van der Waals surface area contributed by atoms with Crippen molar-refractivity contribution in [1.29, 1.82) is 0 Å². The largest absolute Gasteiger partial charge is 0.494 e. The highest BCUT2D eigenvalue weighted by molar-refractivity contribution is 5.81. The van der Waals surface area contributed by atoms with Crippen molar-refractivity contribution < 1.29 is 9.53 Å². The van der Waals surface area contributed by atoms with Crippen molar-refractivity contribution in [2.24, 2.45) is 5.73 Å². The van der Waals surface area contributed by atoms with Gasteiger partial charge in [0.2, 0.25) is 5.91 Å². The Morgan fingerprint density at radius 1 is 1.00 bits per heavy atom. The molecule has 0 saturated carbocycles. The predicted octanol–water partition coefficient (Wildman–Crippen LogP) is 3.49. The van der Waals surface area contributed by atoms with E-state index in [1.165, 1.54) is 0 Å². The zero-order valence-corrected chi connectivity index (χ0v) is 16.6. The van der Waals surface area contributed by atoms with Gasteiger partial charge >= 0.3 is 0 Å². The van der Waals surface area contributed by atoms with E-state index >= 15 is 0 Å². The van der Waals surface area contributed by atoms with Crippen LogP contribution in [-0.2, 0) is 17.9 Å². The third-order valence-corrected chi connectivity index (χ3v) is 4.55. The first-order valence-corrected chi connectivity index (χ1v) is 9.71. The van der Waals surface area contributed by atoms with Gasteiger partial charge in [-0.3, -0.25) is 19.7 Å². The van der Waals surface area contributed by atoms with Gasteiger partial charge < -0.3 is 10.5 Å². The predicted molar refractivity (Wildman–Crippen MR) is 112 cm³/mol. The number of nitrogens with two attached hydrogens (primary N) is 1. The molecule has 3 aromatic rings. The molecule has 0 spiro atoms. The Kier molecular flexibility index (Phi) is 7.30. The molecule has 1 aromatic carbocycles. The summed E-state index contributed by atoms with van der Waals surface area (Å²) < 4.78 is 5.66. The lowest BCUT2D eigenvalue weighted by Gasteiger charge is -2.30. The van der Waals surface area contributed by atoms with Crippen molar-refractivity contribution in [1.82, 2.24) is 14.9 Å². The molecule has 0 radical (unpaired) electrons. The van der Waals surface area contributed by atoms with Crippen LogP contribution in [0.5, 0.6) is 5.75 Å². The van der Waals surface area contributed by atoms with Crippen molar-refractivity contribution in [3.63, 3.8) is 0 Å². The summed E-state index contributed by atoms with van der Waals surface area (Å²) in [6.07, 6.45) is 7.97. The molecule has 2 N–H and O–H groups in total. The highest BCUT2D eigenvalue weighted by atomic mass is 16.5. The average molecular weight is 390 g/mol. The zero-order valence-electron chi connectivity index (χ0n) is 16.6. The van der Waals surface area contributed by atoms with Gasteiger partial charge in [0.1, 0.15) is 11.8 Å². The molecule has 0 aliphatic rings. The smallest absolute Gasteiger partial charge is 0.239 e. The lowest BCUT2D eigenvalue weighted by atomic mass is 10.0. The van der Waals surface area contributed by atoms with Crippen molar-refractivity contribution in [3.05, 3.63) is 90.0 Å². The fourth-order valence-electron chi connectivity index (χ4n) is 3.21. The monoisotopic (exact) mass is 390 g/mol. The zero-order chi connectivity index (χ0) is 20.5. The lowest BCUT2D eigenvalue weighted by Crippen LogP contribution is -2.37. The van der Waals surface area contributed by atoms with Gasteiger partial charge in [-0.25, -0.2) is 0 Å². The standard InChI is InChI=1S/C23H26N4O2/c1-2-14-29-21-7-5-20(6-8-21)22(23(24)28)27(16-18-9-12-25-13-10-18)17-19-4-3-11-26-15-19/h3-13,15,22H,2,14,16-17H2,1H3,(H2,24,28). The number of hydrogen-bond donors (Lipinski definition) is 1. The molecular weight excluding hydrogens is 364 g/mol. The van der Waals surface area contributed by atoms with Crippen LogP contribution in [0.15, 0.2) is 73.3 Å². The minimum Gasteiger partial charge on any atom is -0.494 e. The summed E-state index contributed by atoms with van der Waals surface area (Å²) in [4.78, 5) is 22.8. The molecule has 29 heavy (non-hydrogen) atoms. The van der Waals surface area contributed by atoms with E-state index in [4.69, 9.17) is 10.5 Å². The SMILES string of the molecule is CCCOc1ccc(C(C(N)=O)N(Cc2ccncc2)Cc2cccnc2)cc1. The first kappa shape index (κ1) is 20.5. The van der Waals surface area contributed by atoms with Crippen LogP contribution >= 0.6 is 0 Å². The summed E-state index contributed by atoms with van der Waals surface area (Å²) in [5.41, 5.74) is 8.75. The van der Waals surface area contributed by atoms with Crippen molar-refractivity contribution in [2.45, 2.75) is 32.5 Å². The van der Waals surface area contributed by atoms with Crippen molar-refractivity contribution >= 4 is 5.91 Å². The number of carbonyl (C=O) groups excluding carboxylic acids is 1. The summed E-state index contributed by atoms with van der Waals surface area (Å²) >= 11 is 0. The number of primary amides is 1. The van der Waals surface area contributed by atoms with Crippen LogP contribution in [0.25, 0.3) is 0 Å². The molecule has 2 aromatic heterocycles.